The summed E-state index contributed by atoms with van der Waals surface area (Å²) >= 11 is 0. The highest BCUT2D eigenvalue weighted by molar-refractivity contribution is 5.43. The lowest BCUT2D eigenvalue weighted by molar-refractivity contribution is -0.385. The molecule has 0 amide bonds. The number of hydrogen-bond acceptors (Lipinski definition) is 4. The van der Waals surface area contributed by atoms with Crippen molar-refractivity contribution in [2.45, 2.75) is 13.8 Å². The summed E-state index contributed by atoms with van der Waals surface area (Å²) in [4.78, 5) is 10.2. The first-order valence-corrected chi connectivity index (χ1v) is 5.12. The zero-order valence-corrected chi connectivity index (χ0v) is 9.47. The number of benzene rings is 1. The molecule has 0 bridgehead atoms. The van der Waals surface area contributed by atoms with Crippen molar-refractivity contribution in [2.75, 3.05) is 13.2 Å². The van der Waals surface area contributed by atoms with Crippen molar-refractivity contribution in [3.63, 3.8) is 0 Å². The van der Waals surface area contributed by atoms with E-state index >= 15 is 0 Å². The second-order valence-corrected chi connectivity index (χ2v) is 3.86. The Labute approximate surface area is 94.4 Å². The van der Waals surface area contributed by atoms with Crippen LogP contribution in [0.2, 0.25) is 0 Å². The Bertz CT molecular complexity index is 379. The van der Waals surface area contributed by atoms with Gasteiger partial charge in [-0.15, -0.1) is 0 Å². The molecule has 0 fully saturated rings. The first-order chi connectivity index (χ1) is 7.54. The Morgan fingerprint density at radius 1 is 1.56 bits per heavy atom. The maximum absolute atomic E-state index is 10.6. The van der Waals surface area contributed by atoms with E-state index in [4.69, 9.17) is 10.5 Å². The molecule has 0 saturated heterocycles. The first-order valence-electron chi connectivity index (χ1n) is 5.12. The zero-order chi connectivity index (χ0) is 12.1. The van der Waals surface area contributed by atoms with E-state index in [1.54, 1.807) is 6.07 Å². The standard InChI is InChI=1S/C11H16N2O3/c1-8(6-12)7-16-11-5-10(13(14)15)4-3-9(11)2/h3-5,8H,6-7,12H2,1-2H3. The molecule has 88 valence electrons. The predicted octanol–water partition coefficient (Wildman–Crippen LogP) is 1.88. The van der Waals surface area contributed by atoms with Crippen LogP contribution in [0.5, 0.6) is 5.75 Å². The lowest BCUT2D eigenvalue weighted by Gasteiger charge is -2.12. The van der Waals surface area contributed by atoms with Gasteiger partial charge in [0.25, 0.3) is 5.69 Å². The summed E-state index contributed by atoms with van der Waals surface area (Å²) in [6.45, 7) is 4.82. The lowest BCUT2D eigenvalue weighted by Crippen LogP contribution is -2.18. The minimum absolute atomic E-state index is 0.0426. The molecule has 5 heteroatoms. The number of nitro groups is 1. The van der Waals surface area contributed by atoms with Crippen molar-refractivity contribution < 1.29 is 9.66 Å². The highest BCUT2D eigenvalue weighted by Gasteiger charge is 2.10. The van der Waals surface area contributed by atoms with Crippen molar-refractivity contribution in [3.8, 4) is 5.75 Å². The maximum atomic E-state index is 10.6. The predicted molar refractivity (Wildman–Crippen MR) is 61.5 cm³/mol. The first kappa shape index (κ1) is 12.4. The summed E-state index contributed by atoms with van der Waals surface area (Å²) in [5.41, 5.74) is 6.39. The van der Waals surface area contributed by atoms with Crippen LogP contribution < -0.4 is 10.5 Å². The van der Waals surface area contributed by atoms with E-state index in [9.17, 15) is 10.1 Å². The maximum Gasteiger partial charge on any atom is 0.273 e. The van der Waals surface area contributed by atoms with E-state index in [0.717, 1.165) is 5.56 Å². The Balaban J connectivity index is 2.78. The molecular formula is C11H16N2O3. The molecule has 16 heavy (non-hydrogen) atoms. The van der Waals surface area contributed by atoms with Crippen LogP contribution in [0.3, 0.4) is 0 Å². The van der Waals surface area contributed by atoms with Crippen LogP contribution in [-0.4, -0.2) is 18.1 Å². The van der Waals surface area contributed by atoms with Gasteiger partial charge in [-0.25, -0.2) is 0 Å². The molecule has 0 radical (unpaired) electrons. The van der Waals surface area contributed by atoms with Gasteiger partial charge in [0.1, 0.15) is 5.75 Å². The summed E-state index contributed by atoms with van der Waals surface area (Å²) in [6, 6.07) is 4.59. The third-order valence-corrected chi connectivity index (χ3v) is 2.31. The normalized spacial score (nSPS) is 12.2. The van der Waals surface area contributed by atoms with Gasteiger partial charge in [0.15, 0.2) is 0 Å². The van der Waals surface area contributed by atoms with Crippen molar-refractivity contribution in [3.05, 3.63) is 33.9 Å². The van der Waals surface area contributed by atoms with E-state index in [2.05, 4.69) is 0 Å². The molecule has 1 aromatic carbocycles. The third-order valence-electron chi connectivity index (χ3n) is 2.31. The fourth-order valence-corrected chi connectivity index (χ4v) is 1.16. The second kappa shape index (κ2) is 5.46. The molecule has 0 spiro atoms. The zero-order valence-electron chi connectivity index (χ0n) is 9.47. The number of ether oxygens (including phenoxy) is 1. The summed E-state index contributed by atoms with van der Waals surface area (Å²) in [5, 5.41) is 10.6. The minimum Gasteiger partial charge on any atom is -0.493 e. The number of hydrogen-bond donors (Lipinski definition) is 1. The van der Waals surface area contributed by atoms with E-state index < -0.39 is 4.92 Å². The van der Waals surface area contributed by atoms with Crippen molar-refractivity contribution in [1.29, 1.82) is 0 Å². The average Bonchev–Trinajstić information content (AvgIpc) is 2.27. The molecular weight excluding hydrogens is 208 g/mol. The Kier molecular flexibility index (Phi) is 4.25. The highest BCUT2D eigenvalue weighted by atomic mass is 16.6. The monoisotopic (exact) mass is 224 g/mol. The molecule has 1 aromatic rings. The van der Waals surface area contributed by atoms with Gasteiger partial charge < -0.3 is 10.5 Å². The number of nitrogens with two attached hydrogens (primary N) is 1. The SMILES string of the molecule is Cc1ccc([N+](=O)[O-])cc1OCC(C)CN. The van der Waals surface area contributed by atoms with Gasteiger partial charge in [0.05, 0.1) is 17.6 Å². The number of non-ortho nitro benzene ring substituents is 1. The molecule has 0 aliphatic carbocycles. The smallest absolute Gasteiger partial charge is 0.273 e. The molecule has 1 unspecified atom stereocenters. The van der Waals surface area contributed by atoms with E-state index in [-0.39, 0.29) is 11.6 Å². The summed E-state index contributed by atoms with van der Waals surface area (Å²) in [7, 11) is 0. The average molecular weight is 224 g/mol. The van der Waals surface area contributed by atoms with Gasteiger partial charge >= 0.3 is 0 Å². The van der Waals surface area contributed by atoms with Crippen molar-refractivity contribution >= 4 is 5.69 Å². The Morgan fingerprint density at radius 2 is 2.25 bits per heavy atom. The number of nitro benzene ring substituents is 1. The van der Waals surface area contributed by atoms with Crippen LogP contribution in [0, 0.1) is 23.0 Å². The van der Waals surface area contributed by atoms with Crippen LogP contribution in [0.1, 0.15) is 12.5 Å². The largest absolute Gasteiger partial charge is 0.493 e. The van der Waals surface area contributed by atoms with Gasteiger partial charge in [-0.05, 0) is 25.1 Å². The van der Waals surface area contributed by atoms with Crippen molar-refractivity contribution in [1.82, 2.24) is 0 Å². The van der Waals surface area contributed by atoms with Crippen molar-refractivity contribution in [2.24, 2.45) is 11.7 Å². The molecule has 1 atom stereocenters. The van der Waals surface area contributed by atoms with Gasteiger partial charge in [-0.1, -0.05) is 6.92 Å². The summed E-state index contributed by atoms with van der Waals surface area (Å²) in [6.07, 6.45) is 0. The van der Waals surface area contributed by atoms with Gasteiger partial charge in [0, 0.05) is 12.0 Å². The lowest BCUT2D eigenvalue weighted by atomic mass is 10.2. The van der Waals surface area contributed by atoms with E-state index in [1.165, 1.54) is 12.1 Å². The Morgan fingerprint density at radius 3 is 2.81 bits per heavy atom. The quantitative estimate of drug-likeness (QED) is 0.611. The Hall–Kier alpha value is -1.62. The fourth-order valence-electron chi connectivity index (χ4n) is 1.16. The van der Waals surface area contributed by atoms with Crippen LogP contribution >= 0.6 is 0 Å². The number of rotatable bonds is 5. The van der Waals surface area contributed by atoms with E-state index in [0.29, 0.717) is 18.9 Å². The van der Waals surface area contributed by atoms with Gasteiger partial charge in [-0.2, -0.15) is 0 Å². The van der Waals surface area contributed by atoms with Crippen LogP contribution in [-0.2, 0) is 0 Å². The molecule has 0 aromatic heterocycles. The molecule has 2 N–H and O–H groups in total. The van der Waals surface area contributed by atoms with Gasteiger partial charge in [0.2, 0.25) is 0 Å². The topological polar surface area (TPSA) is 78.4 Å². The number of nitrogens with zero attached hydrogens (tertiary/aromatic N) is 1. The molecule has 0 saturated carbocycles. The summed E-state index contributed by atoms with van der Waals surface area (Å²) in [5.74, 6) is 0.785. The number of aryl methyl sites for hydroxylation is 1. The molecule has 5 nitrogen and oxygen atoms in total. The second-order valence-electron chi connectivity index (χ2n) is 3.86. The summed E-state index contributed by atoms with van der Waals surface area (Å²) < 4.78 is 5.50. The molecule has 0 heterocycles. The molecule has 0 aliphatic rings. The van der Waals surface area contributed by atoms with Gasteiger partial charge in [-0.3, -0.25) is 10.1 Å². The van der Waals surface area contributed by atoms with Crippen LogP contribution in [0.25, 0.3) is 0 Å². The third kappa shape index (κ3) is 3.20. The van der Waals surface area contributed by atoms with E-state index in [1.807, 2.05) is 13.8 Å². The fraction of sp³-hybridized carbons (Fsp3) is 0.455. The van der Waals surface area contributed by atoms with Crippen LogP contribution in [0.4, 0.5) is 5.69 Å². The molecule has 0 aliphatic heterocycles. The highest BCUT2D eigenvalue weighted by Crippen LogP contribution is 2.24. The molecule has 1 rings (SSSR count). The minimum atomic E-state index is -0.432. The van der Waals surface area contributed by atoms with Crippen LogP contribution in [0.15, 0.2) is 18.2 Å².